The van der Waals surface area contributed by atoms with Gasteiger partial charge in [0.2, 0.25) is 5.95 Å². The summed E-state index contributed by atoms with van der Waals surface area (Å²) in [4.78, 5) is 11.2. The lowest BCUT2D eigenvalue weighted by molar-refractivity contribution is -0.132. The van der Waals surface area contributed by atoms with E-state index in [-0.39, 0.29) is 11.6 Å². The Hall–Kier alpha value is -2.61. The topological polar surface area (TPSA) is 102 Å². The van der Waals surface area contributed by atoms with Gasteiger partial charge in [-0.05, 0) is 41.1 Å². The van der Waals surface area contributed by atoms with Gasteiger partial charge in [-0.15, -0.1) is 0 Å². The monoisotopic (exact) mass is 321 g/mol. The highest BCUT2D eigenvalue weighted by Gasteiger charge is 2.26. The number of aliphatic carboxylic acids is 1. The Morgan fingerprint density at radius 2 is 2.36 bits per heavy atom. The number of carboxylic acid groups (broad SMARTS) is 1. The Morgan fingerprint density at radius 3 is 3.05 bits per heavy atom. The minimum absolute atomic E-state index is 0.0114. The number of anilines is 1. The van der Waals surface area contributed by atoms with Gasteiger partial charge in [-0.3, -0.25) is 0 Å². The van der Waals surface area contributed by atoms with Crippen molar-refractivity contribution in [3.05, 3.63) is 40.6 Å². The van der Waals surface area contributed by atoms with Crippen LogP contribution in [0.1, 0.15) is 18.5 Å². The number of benzene rings is 1. The number of nitrogens with zero attached hydrogens (tertiary/aromatic N) is 4. The Bertz CT molecular complexity index is 758. The molecule has 0 aliphatic carbocycles. The van der Waals surface area contributed by atoms with E-state index in [9.17, 15) is 9.90 Å². The molecule has 3 rings (SSSR count). The molecule has 0 saturated carbocycles. The van der Waals surface area contributed by atoms with Crippen molar-refractivity contribution in [3.8, 4) is 5.75 Å². The van der Waals surface area contributed by atoms with Crippen LogP contribution in [0.5, 0.6) is 5.75 Å². The van der Waals surface area contributed by atoms with Crippen molar-refractivity contribution >= 4 is 23.5 Å². The zero-order valence-corrected chi connectivity index (χ0v) is 12.3. The molecule has 1 aliphatic heterocycles. The van der Waals surface area contributed by atoms with E-state index in [2.05, 4.69) is 20.8 Å². The average Bonchev–Trinajstić information content (AvgIpc) is 2.96. The van der Waals surface area contributed by atoms with E-state index in [1.54, 1.807) is 18.2 Å². The van der Waals surface area contributed by atoms with E-state index < -0.39 is 12.0 Å². The van der Waals surface area contributed by atoms with Gasteiger partial charge in [0.15, 0.2) is 0 Å². The van der Waals surface area contributed by atoms with Gasteiger partial charge >= 0.3 is 5.97 Å². The van der Waals surface area contributed by atoms with Crippen molar-refractivity contribution in [2.24, 2.45) is 0 Å². The van der Waals surface area contributed by atoms with Crippen LogP contribution in [0.2, 0.25) is 5.02 Å². The van der Waals surface area contributed by atoms with Crippen LogP contribution in [-0.4, -0.2) is 37.9 Å². The fourth-order valence-electron chi connectivity index (χ4n) is 2.19. The van der Waals surface area contributed by atoms with Crippen LogP contribution in [0.4, 0.5) is 5.95 Å². The predicted octanol–water partition coefficient (Wildman–Crippen LogP) is 1.71. The number of rotatable bonds is 4. The molecule has 0 amide bonds. The van der Waals surface area contributed by atoms with Crippen molar-refractivity contribution < 1.29 is 14.6 Å². The van der Waals surface area contributed by atoms with Crippen molar-refractivity contribution in [2.75, 3.05) is 11.9 Å². The standard InChI is InChI=1S/C13H12ClN5O3/c1-2-22-11-4-3-7(5-8(11)14)10-6-9(12(20)21)15-13-16-17-18-19(10)13/h3-6,10H,2H2,1H3,(H,20,21)(H,15,16,18). The van der Waals surface area contributed by atoms with Crippen LogP contribution in [0.25, 0.3) is 0 Å². The van der Waals surface area contributed by atoms with Gasteiger partial charge in [-0.25, -0.2) is 4.79 Å². The summed E-state index contributed by atoms with van der Waals surface area (Å²) in [6, 6.07) is 4.78. The van der Waals surface area contributed by atoms with Crippen molar-refractivity contribution in [3.63, 3.8) is 0 Å². The van der Waals surface area contributed by atoms with E-state index in [1.807, 2.05) is 6.92 Å². The highest BCUT2D eigenvalue weighted by molar-refractivity contribution is 6.32. The van der Waals surface area contributed by atoms with Gasteiger partial charge in [0, 0.05) is 0 Å². The van der Waals surface area contributed by atoms with Crippen LogP contribution >= 0.6 is 11.6 Å². The third-order valence-corrected chi connectivity index (χ3v) is 3.45. The van der Waals surface area contributed by atoms with E-state index in [0.717, 1.165) is 5.56 Å². The second-order valence-electron chi connectivity index (χ2n) is 4.53. The van der Waals surface area contributed by atoms with Gasteiger partial charge in [0.05, 0.1) is 11.6 Å². The fraction of sp³-hybridized carbons (Fsp3) is 0.231. The number of ether oxygens (including phenoxy) is 1. The third-order valence-electron chi connectivity index (χ3n) is 3.16. The first kappa shape index (κ1) is 14.3. The fourth-order valence-corrected chi connectivity index (χ4v) is 2.43. The zero-order chi connectivity index (χ0) is 15.7. The number of hydrogen-bond acceptors (Lipinski definition) is 6. The number of aromatic nitrogens is 4. The maximum Gasteiger partial charge on any atom is 0.352 e. The molecule has 2 N–H and O–H groups in total. The number of nitrogens with one attached hydrogen (secondary N) is 1. The molecule has 0 radical (unpaired) electrons. The lowest BCUT2D eigenvalue weighted by Crippen LogP contribution is -2.24. The van der Waals surface area contributed by atoms with E-state index >= 15 is 0 Å². The van der Waals surface area contributed by atoms with Crippen LogP contribution in [0.3, 0.4) is 0 Å². The maximum atomic E-state index is 11.2. The molecule has 8 nitrogen and oxygen atoms in total. The van der Waals surface area contributed by atoms with E-state index in [0.29, 0.717) is 17.4 Å². The Kier molecular flexibility index (Phi) is 3.68. The van der Waals surface area contributed by atoms with Gasteiger partial charge in [0.25, 0.3) is 0 Å². The largest absolute Gasteiger partial charge is 0.492 e. The van der Waals surface area contributed by atoms with Gasteiger partial charge in [-0.1, -0.05) is 22.8 Å². The molecule has 0 bridgehead atoms. The summed E-state index contributed by atoms with van der Waals surface area (Å²) in [5.41, 5.74) is 0.763. The number of carbonyl (C=O) groups is 1. The first-order valence-corrected chi connectivity index (χ1v) is 6.90. The maximum absolute atomic E-state index is 11.2. The van der Waals surface area contributed by atoms with Gasteiger partial charge < -0.3 is 15.2 Å². The summed E-state index contributed by atoms with van der Waals surface area (Å²) in [5.74, 6) is -0.257. The molecule has 1 aromatic heterocycles. The summed E-state index contributed by atoms with van der Waals surface area (Å²) in [6.45, 7) is 2.37. The second kappa shape index (κ2) is 5.64. The van der Waals surface area contributed by atoms with Gasteiger partial charge in [0.1, 0.15) is 17.5 Å². The smallest absolute Gasteiger partial charge is 0.352 e. The lowest BCUT2D eigenvalue weighted by Gasteiger charge is -2.22. The second-order valence-corrected chi connectivity index (χ2v) is 4.93. The minimum Gasteiger partial charge on any atom is -0.492 e. The van der Waals surface area contributed by atoms with Crippen molar-refractivity contribution in [1.82, 2.24) is 20.2 Å². The molecule has 2 aromatic rings. The molecular weight excluding hydrogens is 310 g/mol. The summed E-state index contributed by atoms with van der Waals surface area (Å²) < 4.78 is 6.88. The number of halogens is 1. The Balaban J connectivity index is 2.03. The summed E-state index contributed by atoms with van der Waals surface area (Å²) in [6.07, 6.45) is 1.53. The molecule has 2 heterocycles. The lowest BCUT2D eigenvalue weighted by atomic mass is 10.0. The Morgan fingerprint density at radius 1 is 1.55 bits per heavy atom. The molecule has 0 fully saturated rings. The number of tetrazole rings is 1. The quantitative estimate of drug-likeness (QED) is 0.883. The van der Waals surface area contributed by atoms with Crippen molar-refractivity contribution in [2.45, 2.75) is 13.0 Å². The third kappa shape index (κ3) is 2.48. The number of fused-ring (bicyclic) bond motifs is 1. The SMILES string of the molecule is CCOc1ccc(C2C=C(C(=O)O)Nc3nnnn32)cc1Cl. The molecule has 1 aliphatic rings. The number of carboxylic acids is 1. The zero-order valence-electron chi connectivity index (χ0n) is 11.5. The Labute approximate surface area is 130 Å². The highest BCUT2D eigenvalue weighted by atomic mass is 35.5. The number of allylic oxidation sites excluding steroid dienone is 1. The molecule has 1 unspecified atom stereocenters. The number of hydrogen-bond donors (Lipinski definition) is 2. The first-order valence-electron chi connectivity index (χ1n) is 6.52. The van der Waals surface area contributed by atoms with E-state index in [4.69, 9.17) is 16.3 Å². The van der Waals surface area contributed by atoms with Gasteiger partial charge in [-0.2, -0.15) is 4.68 Å². The van der Waals surface area contributed by atoms with Crippen LogP contribution in [0, 0.1) is 0 Å². The summed E-state index contributed by atoms with van der Waals surface area (Å²) in [5, 5.41) is 23.5. The van der Waals surface area contributed by atoms with Crippen LogP contribution < -0.4 is 10.1 Å². The predicted molar refractivity (Wildman–Crippen MR) is 77.9 cm³/mol. The molecule has 1 atom stereocenters. The molecule has 9 heteroatoms. The highest BCUT2D eigenvalue weighted by Crippen LogP contribution is 2.32. The van der Waals surface area contributed by atoms with Crippen LogP contribution in [0.15, 0.2) is 30.0 Å². The molecule has 114 valence electrons. The molecular formula is C13H12ClN5O3. The van der Waals surface area contributed by atoms with Crippen molar-refractivity contribution in [1.29, 1.82) is 0 Å². The van der Waals surface area contributed by atoms with Crippen LogP contribution in [-0.2, 0) is 4.79 Å². The molecule has 22 heavy (non-hydrogen) atoms. The summed E-state index contributed by atoms with van der Waals surface area (Å²) >= 11 is 6.19. The van der Waals surface area contributed by atoms with E-state index in [1.165, 1.54) is 10.8 Å². The average molecular weight is 322 g/mol. The molecule has 0 saturated heterocycles. The molecule has 1 aromatic carbocycles. The summed E-state index contributed by atoms with van der Waals surface area (Å²) in [7, 11) is 0. The molecule has 0 spiro atoms. The minimum atomic E-state index is -1.09. The first-order chi connectivity index (χ1) is 10.6. The normalized spacial score (nSPS) is 16.5.